The highest BCUT2D eigenvalue weighted by Gasteiger charge is 2.30. The quantitative estimate of drug-likeness (QED) is 0.164. The monoisotopic (exact) mass is 857 g/mol. The van der Waals surface area contributed by atoms with E-state index in [-0.39, 0.29) is 10.8 Å². The van der Waals surface area contributed by atoms with Gasteiger partial charge in [0.15, 0.2) is 0 Å². The van der Waals surface area contributed by atoms with E-state index < -0.39 is 0 Å². The molecule has 5 heterocycles. The van der Waals surface area contributed by atoms with E-state index in [0.29, 0.717) is 0 Å². The summed E-state index contributed by atoms with van der Waals surface area (Å²) in [5.41, 5.74) is 16.4. The highest BCUT2D eigenvalue weighted by molar-refractivity contribution is 6.39. The van der Waals surface area contributed by atoms with Crippen molar-refractivity contribution >= 4 is 120 Å². The smallest absolute Gasteiger partial charge is 0.0627 e. The molecule has 0 N–H and O–H groups in total. The van der Waals surface area contributed by atoms with Crippen molar-refractivity contribution in [3.63, 3.8) is 0 Å². The van der Waals surface area contributed by atoms with Crippen molar-refractivity contribution in [3.05, 3.63) is 187 Å². The summed E-state index contributed by atoms with van der Waals surface area (Å²) in [6, 6.07) is 67.0. The topological polar surface area (TPSA) is 13.8 Å². The van der Waals surface area contributed by atoms with Gasteiger partial charge in [-0.3, -0.25) is 0 Å². The molecule has 0 radical (unpaired) electrons. The molecule has 67 heavy (non-hydrogen) atoms. The molecule has 0 aliphatic carbocycles. The van der Waals surface area contributed by atoms with Gasteiger partial charge in [-0.1, -0.05) is 133 Å². The van der Waals surface area contributed by atoms with Gasteiger partial charge < -0.3 is 13.4 Å². The summed E-state index contributed by atoms with van der Waals surface area (Å²) < 4.78 is 7.66. The number of para-hydroxylation sites is 2. The molecule has 3 heteroatoms. The number of rotatable bonds is 2. The van der Waals surface area contributed by atoms with Gasteiger partial charge in [-0.2, -0.15) is 0 Å². The molecule has 318 valence electrons. The van der Waals surface area contributed by atoms with E-state index in [1.807, 2.05) is 0 Å². The minimum atomic E-state index is -0.0684. The SMILES string of the molecule is CC(C)(C)c1cc(-c2ccc3c(c2)c2ccccc2n3-c2ccccc2)c2c(c1)c1cc(C(C)(C)C)cc3c4c5c6cc7ccccc7c7c8cc9ccccc9cc8n(c5ccc4n2c13)c67. The molecule has 15 rings (SSSR count). The lowest BCUT2D eigenvalue weighted by atomic mass is 9.83. The number of aromatic nitrogens is 3. The van der Waals surface area contributed by atoms with Crippen LogP contribution in [0.2, 0.25) is 0 Å². The zero-order valence-electron chi connectivity index (χ0n) is 38.6. The second-order valence-corrected chi connectivity index (χ2v) is 21.4. The summed E-state index contributed by atoms with van der Waals surface area (Å²) in [5.74, 6) is 0. The van der Waals surface area contributed by atoms with Gasteiger partial charge in [0.05, 0.1) is 44.1 Å². The largest absolute Gasteiger partial charge is 0.309 e. The van der Waals surface area contributed by atoms with Crippen molar-refractivity contribution in [1.82, 2.24) is 13.4 Å². The van der Waals surface area contributed by atoms with Crippen LogP contribution in [0.4, 0.5) is 0 Å². The second-order valence-electron chi connectivity index (χ2n) is 21.4. The van der Waals surface area contributed by atoms with Gasteiger partial charge >= 0.3 is 0 Å². The summed E-state index contributed by atoms with van der Waals surface area (Å²) in [5, 5.41) is 18.3. The van der Waals surface area contributed by atoms with Gasteiger partial charge in [0.25, 0.3) is 0 Å². The van der Waals surface area contributed by atoms with Crippen molar-refractivity contribution in [2.75, 3.05) is 0 Å². The van der Waals surface area contributed by atoms with Gasteiger partial charge in [0, 0.05) is 65.1 Å². The Bertz CT molecular complexity index is 4620. The molecule has 15 aromatic rings. The highest BCUT2D eigenvalue weighted by Crippen LogP contribution is 2.51. The van der Waals surface area contributed by atoms with Gasteiger partial charge in [0.2, 0.25) is 0 Å². The molecule has 0 spiro atoms. The lowest BCUT2D eigenvalue weighted by Crippen LogP contribution is -2.11. The van der Waals surface area contributed by atoms with Gasteiger partial charge in [-0.15, -0.1) is 0 Å². The van der Waals surface area contributed by atoms with E-state index in [0.717, 1.165) is 0 Å². The average molecular weight is 858 g/mol. The van der Waals surface area contributed by atoms with Crippen molar-refractivity contribution in [2.45, 2.75) is 52.4 Å². The Hall–Kier alpha value is -7.88. The first kappa shape index (κ1) is 37.4. The lowest BCUT2D eigenvalue weighted by molar-refractivity contribution is 0.591. The third kappa shape index (κ3) is 4.81. The van der Waals surface area contributed by atoms with Crippen LogP contribution >= 0.6 is 0 Å². The number of benzene rings is 10. The average Bonchev–Trinajstić information content (AvgIpc) is 4.12. The first-order chi connectivity index (χ1) is 32.5. The third-order valence-electron chi connectivity index (χ3n) is 15.5. The maximum absolute atomic E-state index is 2.65. The standard InChI is InChI=1S/C64H47N3/c1-63(2,3)40-32-45(39-24-25-53-46(29-39)44-22-14-15-23-52(44)65(53)42-19-8-7-9-20-42)60-47(33-40)48-34-41(64(4,5)6)35-51-59-55(67(60)61(48)51)27-26-54-58(59)50-30-38-18-12-13-21-43(38)57-49-28-36-16-10-11-17-37(36)31-56(49)66(54)62(50)57/h7-35H,1-6H3. The maximum atomic E-state index is 2.65. The summed E-state index contributed by atoms with van der Waals surface area (Å²) in [7, 11) is 0. The Kier molecular flexibility index (Phi) is 6.97. The molecule has 0 fully saturated rings. The molecule has 5 aromatic heterocycles. The normalized spacial score (nSPS) is 13.2. The predicted molar refractivity (Wildman–Crippen MR) is 288 cm³/mol. The molecule has 0 bridgehead atoms. The van der Waals surface area contributed by atoms with Crippen LogP contribution in [0.25, 0.3) is 136 Å². The van der Waals surface area contributed by atoms with Crippen LogP contribution in [0.3, 0.4) is 0 Å². The first-order valence-corrected chi connectivity index (χ1v) is 23.8. The molecule has 0 aliphatic heterocycles. The minimum absolute atomic E-state index is 0.0683. The van der Waals surface area contributed by atoms with Crippen LogP contribution in [0.5, 0.6) is 0 Å². The molecule has 3 nitrogen and oxygen atoms in total. The number of hydrogen-bond donors (Lipinski definition) is 0. The zero-order chi connectivity index (χ0) is 44.8. The predicted octanol–water partition coefficient (Wildman–Crippen LogP) is 17.7. The van der Waals surface area contributed by atoms with Crippen molar-refractivity contribution in [1.29, 1.82) is 0 Å². The van der Waals surface area contributed by atoms with E-state index in [1.165, 1.54) is 147 Å². The number of fused-ring (bicyclic) bond motifs is 19. The van der Waals surface area contributed by atoms with Crippen LogP contribution in [-0.2, 0) is 10.8 Å². The summed E-state index contributed by atoms with van der Waals surface area (Å²) in [4.78, 5) is 0. The first-order valence-electron chi connectivity index (χ1n) is 23.8. The summed E-state index contributed by atoms with van der Waals surface area (Å²) in [6.07, 6.45) is 0. The van der Waals surface area contributed by atoms with E-state index in [9.17, 15) is 0 Å². The fourth-order valence-electron chi connectivity index (χ4n) is 12.3. The molecular weight excluding hydrogens is 811 g/mol. The molecule has 0 unspecified atom stereocenters. The van der Waals surface area contributed by atoms with E-state index >= 15 is 0 Å². The number of hydrogen-bond acceptors (Lipinski definition) is 0. The van der Waals surface area contributed by atoms with Crippen molar-refractivity contribution in [2.24, 2.45) is 0 Å². The highest BCUT2D eigenvalue weighted by atomic mass is 15.0. The lowest BCUT2D eigenvalue weighted by Gasteiger charge is -2.22. The number of nitrogens with zero attached hydrogens (tertiary/aromatic N) is 3. The molecule has 0 amide bonds. The van der Waals surface area contributed by atoms with Gasteiger partial charge in [-0.25, -0.2) is 0 Å². The molecule has 0 atom stereocenters. The van der Waals surface area contributed by atoms with Crippen LogP contribution in [0, 0.1) is 0 Å². The van der Waals surface area contributed by atoms with Gasteiger partial charge in [-0.05, 0) is 134 Å². The van der Waals surface area contributed by atoms with Crippen LogP contribution in [0.1, 0.15) is 52.7 Å². The third-order valence-corrected chi connectivity index (χ3v) is 15.5. The second kappa shape index (κ2) is 12.5. The van der Waals surface area contributed by atoms with Gasteiger partial charge in [0.1, 0.15) is 0 Å². The Morgan fingerprint density at radius 1 is 0.313 bits per heavy atom. The summed E-state index contributed by atoms with van der Waals surface area (Å²) in [6.45, 7) is 14.2. The molecule has 0 aliphatic rings. The Morgan fingerprint density at radius 3 is 1.61 bits per heavy atom. The Morgan fingerprint density at radius 2 is 0.866 bits per heavy atom. The molecule has 10 aromatic carbocycles. The fraction of sp³-hybridized carbons (Fsp3) is 0.125. The maximum Gasteiger partial charge on any atom is 0.0627 e. The van der Waals surface area contributed by atoms with Crippen LogP contribution < -0.4 is 0 Å². The summed E-state index contributed by atoms with van der Waals surface area (Å²) >= 11 is 0. The zero-order valence-corrected chi connectivity index (χ0v) is 38.6. The van der Waals surface area contributed by atoms with Crippen LogP contribution in [-0.4, -0.2) is 13.4 Å². The van der Waals surface area contributed by atoms with Crippen LogP contribution in [0.15, 0.2) is 176 Å². The molecular formula is C64H47N3. The van der Waals surface area contributed by atoms with E-state index in [1.54, 1.807) is 0 Å². The fourth-order valence-corrected chi connectivity index (χ4v) is 12.3. The Balaban J connectivity index is 1.13. The van der Waals surface area contributed by atoms with E-state index in [4.69, 9.17) is 0 Å². The minimum Gasteiger partial charge on any atom is -0.309 e. The van der Waals surface area contributed by atoms with E-state index in [2.05, 4.69) is 231 Å². The molecule has 0 saturated carbocycles. The van der Waals surface area contributed by atoms with Crippen molar-refractivity contribution in [3.8, 4) is 16.8 Å². The Labute approximate surface area is 387 Å². The molecule has 0 saturated heterocycles. The van der Waals surface area contributed by atoms with Crippen molar-refractivity contribution < 1.29 is 0 Å².